The average molecular weight is 290 g/mol. The summed E-state index contributed by atoms with van der Waals surface area (Å²) in [7, 11) is 1.68. The molecule has 2 aromatic heterocycles. The molecule has 15 heavy (non-hydrogen) atoms. The summed E-state index contributed by atoms with van der Waals surface area (Å²) in [5, 5.41) is 4.14. The Morgan fingerprint density at radius 2 is 2.33 bits per heavy atom. The van der Waals surface area contributed by atoms with Crippen molar-refractivity contribution in [3.63, 3.8) is 0 Å². The molecule has 2 heterocycles. The molecule has 0 saturated carbocycles. The van der Waals surface area contributed by atoms with Crippen LogP contribution < -0.4 is 0 Å². The highest BCUT2D eigenvalue weighted by atomic mass is 79.9. The van der Waals surface area contributed by atoms with Crippen LogP contribution in [0.15, 0.2) is 27.2 Å². The number of nitrogens with zero attached hydrogens (tertiary/aromatic N) is 2. The van der Waals surface area contributed by atoms with Crippen LogP contribution in [0.1, 0.15) is 16.2 Å². The number of halogens is 2. The molecular weight excluding hydrogens is 283 g/mol. The molecule has 2 aromatic rings. The SMILES string of the molecule is Cn1ncc(Br)c1C(=O)c1ccc(Cl)o1. The maximum atomic E-state index is 11.9. The van der Waals surface area contributed by atoms with Crippen LogP contribution in [-0.4, -0.2) is 15.6 Å². The number of rotatable bonds is 2. The van der Waals surface area contributed by atoms with Gasteiger partial charge in [-0.05, 0) is 39.7 Å². The molecule has 0 aliphatic rings. The molecule has 78 valence electrons. The first-order valence-electron chi connectivity index (χ1n) is 4.07. The van der Waals surface area contributed by atoms with Crippen molar-refractivity contribution in [2.45, 2.75) is 0 Å². The van der Waals surface area contributed by atoms with E-state index < -0.39 is 0 Å². The summed E-state index contributed by atoms with van der Waals surface area (Å²) in [6.07, 6.45) is 1.55. The van der Waals surface area contributed by atoms with Gasteiger partial charge < -0.3 is 4.42 Å². The van der Waals surface area contributed by atoms with Crippen LogP contribution in [0.25, 0.3) is 0 Å². The molecule has 0 unspecified atom stereocenters. The van der Waals surface area contributed by atoms with E-state index in [1.54, 1.807) is 13.2 Å². The van der Waals surface area contributed by atoms with Crippen molar-refractivity contribution in [1.82, 2.24) is 9.78 Å². The van der Waals surface area contributed by atoms with E-state index in [9.17, 15) is 4.79 Å². The minimum atomic E-state index is -0.256. The van der Waals surface area contributed by atoms with Crippen molar-refractivity contribution < 1.29 is 9.21 Å². The Kier molecular flexibility index (Phi) is 2.67. The molecule has 0 spiro atoms. The van der Waals surface area contributed by atoms with Crippen molar-refractivity contribution in [2.24, 2.45) is 7.05 Å². The second kappa shape index (κ2) is 3.83. The number of carbonyl (C=O) groups is 1. The summed E-state index contributed by atoms with van der Waals surface area (Å²) in [5.41, 5.74) is 0.431. The zero-order valence-electron chi connectivity index (χ0n) is 7.70. The smallest absolute Gasteiger partial charge is 0.247 e. The molecule has 0 radical (unpaired) electrons. The zero-order valence-corrected chi connectivity index (χ0v) is 10.0. The van der Waals surface area contributed by atoms with Crippen LogP contribution in [0.4, 0.5) is 0 Å². The Bertz CT molecular complexity index is 498. The quantitative estimate of drug-likeness (QED) is 0.799. The molecule has 0 amide bonds. The maximum absolute atomic E-state index is 11.9. The van der Waals surface area contributed by atoms with Gasteiger partial charge in [-0.2, -0.15) is 5.10 Å². The largest absolute Gasteiger partial charge is 0.441 e. The summed E-state index contributed by atoms with van der Waals surface area (Å²) < 4.78 is 7.14. The van der Waals surface area contributed by atoms with Crippen molar-refractivity contribution in [3.05, 3.63) is 39.5 Å². The summed E-state index contributed by atoms with van der Waals surface area (Å²) >= 11 is 8.84. The lowest BCUT2D eigenvalue weighted by Gasteiger charge is -1.98. The molecule has 0 bridgehead atoms. The van der Waals surface area contributed by atoms with Crippen molar-refractivity contribution >= 4 is 33.3 Å². The Hall–Kier alpha value is -1.07. The van der Waals surface area contributed by atoms with Crippen LogP contribution in [0.3, 0.4) is 0 Å². The second-order valence-corrected chi connectivity index (χ2v) is 4.12. The fraction of sp³-hybridized carbons (Fsp3) is 0.111. The first kappa shape index (κ1) is 10.4. The van der Waals surface area contributed by atoms with E-state index in [2.05, 4.69) is 21.0 Å². The van der Waals surface area contributed by atoms with E-state index in [1.165, 1.54) is 16.8 Å². The third-order valence-electron chi connectivity index (χ3n) is 1.91. The van der Waals surface area contributed by atoms with E-state index in [0.717, 1.165) is 0 Å². The third kappa shape index (κ3) is 1.85. The lowest BCUT2D eigenvalue weighted by atomic mass is 10.2. The van der Waals surface area contributed by atoms with Crippen LogP contribution in [-0.2, 0) is 7.05 Å². The van der Waals surface area contributed by atoms with Gasteiger partial charge in [-0.15, -0.1) is 0 Å². The number of aryl methyl sites for hydroxylation is 1. The van der Waals surface area contributed by atoms with Gasteiger partial charge in [-0.1, -0.05) is 0 Å². The number of ketones is 1. The summed E-state index contributed by atoms with van der Waals surface area (Å²) in [4.78, 5) is 11.9. The summed E-state index contributed by atoms with van der Waals surface area (Å²) in [6, 6.07) is 3.06. The Labute approximate surface area is 99.0 Å². The summed E-state index contributed by atoms with van der Waals surface area (Å²) in [5.74, 6) is -0.0573. The fourth-order valence-electron chi connectivity index (χ4n) is 1.22. The lowest BCUT2D eigenvalue weighted by molar-refractivity contribution is 0.0999. The molecule has 0 aliphatic carbocycles. The fourth-order valence-corrected chi connectivity index (χ4v) is 1.89. The normalized spacial score (nSPS) is 10.6. The minimum absolute atomic E-state index is 0.191. The zero-order chi connectivity index (χ0) is 11.0. The molecule has 2 rings (SSSR count). The predicted octanol–water partition coefficient (Wildman–Crippen LogP) is 2.66. The van der Waals surface area contributed by atoms with E-state index in [4.69, 9.17) is 16.0 Å². The van der Waals surface area contributed by atoms with Gasteiger partial charge in [0.05, 0.1) is 10.7 Å². The number of furan rings is 1. The monoisotopic (exact) mass is 288 g/mol. The molecule has 6 heteroatoms. The first-order valence-corrected chi connectivity index (χ1v) is 5.24. The van der Waals surface area contributed by atoms with Gasteiger partial charge in [0.15, 0.2) is 11.0 Å². The highest BCUT2D eigenvalue weighted by molar-refractivity contribution is 9.10. The molecule has 0 fully saturated rings. The molecule has 0 aromatic carbocycles. The van der Waals surface area contributed by atoms with Gasteiger partial charge >= 0.3 is 0 Å². The van der Waals surface area contributed by atoms with Crippen LogP contribution in [0, 0.1) is 0 Å². The van der Waals surface area contributed by atoms with Crippen molar-refractivity contribution in [3.8, 4) is 0 Å². The summed E-state index contributed by atoms with van der Waals surface area (Å²) in [6.45, 7) is 0. The van der Waals surface area contributed by atoms with E-state index >= 15 is 0 Å². The molecular formula is C9H6BrClN2O2. The average Bonchev–Trinajstić information content (AvgIpc) is 2.73. The minimum Gasteiger partial charge on any atom is -0.441 e. The topological polar surface area (TPSA) is 48.0 Å². The second-order valence-electron chi connectivity index (χ2n) is 2.90. The van der Waals surface area contributed by atoms with E-state index in [0.29, 0.717) is 10.2 Å². The molecule has 0 aliphatic heterocycles. The third-order valence-corrected chi connectivity index (χ3v) is 2.69. The molecule has 0 atom stereocenters. The predicted molar refractivity (Wildman–Crippen MR) is 58.1 cm³/mol. The Balaban J connectivity index is 2.45. The van der Waals surface area contributed by atoms with Crippen molar-refractivity contribution in [1.29, 1.82) is 0 Å². The van der Waals surface area contributed by atoms with Gasteiger partial charge in [0, 0.05) is 7.05 Å². The van der Waals surface area contributed by atoms with Crippen LogP contribution in [0.5, 0.6) is 0 Å². The van der Waals surface area contributed by atoms with E-state index in [1.807, 2.05) is 0 Å². The number of carbonyl (C=O) groups excluding carboxylic acids is 1. The number of hydrogen-bond acceptors (Lipinski definition) is 3. The highest BCUT2D eigenvalue weighted by Crippen LogP contribution is 2.21. The van der Waals surface area contributed by atoms with Gasteiger partial charge in [-0.25, -0.2) is 0 Å². The first-order chi connectivity index (χ1) is 7.09. The maximum Gasteiger partial charge on any atom is 0.247 e. The van der Waals surface area contributed by atoms with E-state index in [-0.39, 0.29) is 16.8 Å². The Morgan fingerprint density at radius 3 is 2.80 bits per heavy atom. The Morgan fingerprint density at radius 1 is 1.60 bits per heavy atom. The van der Waals surface area contributed by atoms with Crippen molar-refractivity contribution in [2.75, 3.05) is 0 Å². The number of hydrogen-bond donors (Lipinski definition) is 0. The molecule has 0 N–H and O–H groups in total. The van der Waals surface area contributed by atoms with Gasteiger partial charge in [0.1, 0.15) is 5.69 Å². The standard InChI is InChI=1S/C9H6BrClN2O2/c1-13-8(5(10)4-12-13)9(14)6-2-3-7(11)15-6/h2-4H,1H3. The molecule has 0 saturated heterocycles. The number of aromatic nitrogens is 2. The van der Waals surface area contributed by atoms with Gasteiger partial charge in [-0.3, -0.25) is 9.48 Å². The van der Waals surface area contributed by atoms with Gasteiger partial charge in [0.25, 0.3) is 0 Å². The van der Waals surface area contributed by atoms with Gasteiger partial charge in [0.2, 0.25) is 5.78 Å². The molecule has 4 nitrogen and oxygen atoms in total. The lowest BCUT2D eigenvalue weighted by Crippen LogP contribution is -2.07. The van der Waals surface area contributed by atoms with Crippen LogP contribution in [0.2, 0.25) is 5.22 Å². The van der Waals surface area contributed by atoms with Crippen LogP contribution >= 0.6 is 27.5 Å². The highest BCUT2D eigenvalue weighted by Gasteiger charge is 2.20.